The molecule has 0 atom stereocenters. The van der Waals surface area contributed by atoms with Crippen molar-refractivity contribution in [2.75, 3.05) is 0 Å². The lowest BCUT2D eigenvalue weighted by molar-refractivity contribution is 0.0684. The predicted molar refractivity (Wildman–Crippen MR) is 74.0 cm³/mol. The van der Waals surface area contributed by atoms with Crippen LogP contribution in [0.15, 0.2) is 18.2 Å². The van der Waals surface area contributed by atoms with Crippen LogP contribution < -0.4 is 0 Å². The van der Waals surface area contributed by atoms with E-state index in [2.05, 4.69) is 20.8 Å². The maximum Gasteiger partial charge on any atom is 0.353 e. The third kappa shape index (κ3) is 2.03. The molecule has 0 aliphatic rings. The normalized spacial score (nSPS) is 11.8. The monoisotopic (exact) mass is 259 g/mol. The highest BCUT2D eigenvalue weighted by Crippen LogP contribution is 2.30. The molecule has 1 aromatic heterocycles. The second kappa shape index (κ2) is 4.23. The number of hydrogen-bond acceptors (Lipinski definition) is 2. The van der Waals surface area contributed by atoms with Crippen molar-refractivity contribution < 1.29 is 14.7 Å². The molecule has 0 aliphatic heterocycles. The molecule has 2 aromatic rings. The van der Waals surface area contributed by atoms with Gasteiger partial charge in [0.2, 0.25) is 0 Å². The van der Waals surface area contributed by atoms with Crippen LogP contribution in [0.2, 0.25) is 0 Å². The van der Waals surface area contributed by atoms with Gasteiger partial charge in [0.25, 0.3) is 0 Å². The summed E-state index contributed by atoms with van der Waals surface area (Å²) in [5, 5.41) is 9.91. The fraction of sp³-hybridized carbons (Fsp3) is 0.333. The van der Waals surface area contributed by atoms with Crippen LogP contribution in [0.1, 0.15) is 47.2 Å². The van der Waals surface area contributed by atoms with E-state index < -0.39 is 5.97 Å². The number of carbonyl (C=O) groups excluding carboxylic acids is 1. The number of benzene rings is 1. The molecule has 19 heavy (non-hydrogen) atoms. The lowest BCUT2D eigenvalue weighted by Gasteiger charge is -2.19. The first-order valence-electron chi connectivity index (χ1n) is 6.08. The molecule has 0 radical (unpaired) electrons. The van der Waals surface area contributed by atoms with E-state index >= 15 is 0 Å². The summed E-state index contributed by atoms with van der Waals surface area (Å²) in [6, 6.07) is 5.72. The van der Waals surface area contributed by atoms with Gasteiger partial charge in [0, 0.05) is 18.0 Å². The third-order valence-corrected chi connectivity index (χ3v) is 3.43. The summed E-state index contributed by atoms with van der Waals surface area (Å²) in [6.07, 6.45) is 0.614. The minimum atomic E-state index is -1.09. The van der Waals surface area contributed by atoms with Gasteiger partial charge in [-0.25, -0.2) is 4.79 Å². The van der Waals surface area contributed by atoms with E-state index in [9.17, 15) is 14.7 Å². The van der Waals surface area contributed by atoms with E-state index in [1.807, 2.05) is 18.2 Å². The van der Waals surface area contributed by atoms with Crippen molar-refractivity contribution in [1.82, 2.24) is 4.57 Å². The third-order valence-electron chi connectivity index (χ3n) is 3.43. The first-order chi connectivity index (χ1) is 8.77. The van der Waals surface area contributed by atoms with Gasteiger partial charge < -0.3 is 9.67 Å². The van der Waals surface area contributed by atoms with Crippen LogP contribution in [0.25, 0.3) is 10.9 Å². The number of fused-ring (bicyclic) bond motifs is 1. The maximum absolute atomic E-state index is 11.3. The summed E-state index contributed by atoms with van der Waals surface area (Å²) in [5.74, 6) is -1.09. The number of rotatable bonds is 2. The van der Waals surface area contributed by atoms with Gasteiger partial charge in [-0.05, 0) is 17.0 Å². The lowest BCUT2D eigenvalue weighted by Crippen LogP contribution is -2.11. The minimum absolute atomic E-state index is 0.0246. The molecule has 0 bridgehead atoms. The summed E-state index contributed by atoms with van der Waals surface area (Å²) < 4.78 is 1.57. The summed E-state index contributed by atoms with van der Waals surface area (Å²) in [5.41, 5.74) is 2.13. The van der Waals surface area contributed by atoms with Crippen LogP contribution >= 0.6 is 0 Å². The average Bonchev–Trinajstić information content (AvgIpc) is 2.60. The van der Waals surface area contributed by atoms with Gasteiger partial charge in [0.1, 0.15) is 5.69 Å². The number of hydrogen-bond donors (Lipinski definition) is 1. The fourth-order valence-corrected chi connectivity index (χ4v) is 2.31. The topological polar surface area (TPSA) is 59.3 Å². The van der Waals surface area contributed by atoms with Crippen molar-refractivity contribution in [1.29, 1.82) is 0 Å². The highest BCUT2D eigenvalue weighted by Gasteiger charge is 2.22. The van der Waals surface area contributed by atoms with Crippen LogP contribution in [0, 0.1) is 0 Å². The first-order valence-corrected chi connectivity index (χ1v) is 6.08. The van der Waals surface area contributed by atoms with Crippen LogP contribution in [-0.4, -0.2) is 21.9 Å². The predicted octanol–water partition coefficient (Wildman–Crippen LogP) is 2.99. The van der Waals surface area contributed by atoms with Gasteiger partial charge in [-0.1, -0.05) is 32.9 Å². The van der Waals surface area contributed by atoms with E-state index in [-0.39, 0.29) is 16.7 Å². The Kier molecular flexibility index (Phi) is 2.97. The van der Waals surface area contributed by atoms with Gasteiger partial charge in [-0.15, -0.1) is 0 Å². The van der Waals surface area contributed by atoms with E-state index in [0.29, 0.717) is 11.7 Å². The van der Waals surface area contributed by atoms with Crippen molar-refractivity contribution in [2.45, 2.75) is 26.2 Å². The van der Waals surface area contributed by atoms with E-state index in [1.54, 1.807) is 11.6 Å². The molecule has 0 aliphatic carbocycles. The average molecular weight is 259 g/mol. The molecule has 100 valence electrons. The Bertz CT molecular complexity index is 675. The molecule has 1 heterocycles. The molecular formula is C15H17NO3. The molecular weight excluding hydrogens is 242 g/mol. The Morgan fingerprint density at radius 3 is 2.42 bits per heavy atom. The Morgan fingerprint density at radius 2 is 1.95 bits per heavy atom. The van der Waals surface area contributed by atoms with Crippen molar-refractivity contribution in [3.63, 3.8) is 0 Å². The molecule has 0 fully saturated rings. The largest absolute Gasteiger partial charge is 0.477 e. The van der Waals surface area contributed by atoms with Crippen LogP contribution in [-0.2, 0) is 12.5 Å². The number of aromatic nitrogens is 1. The molecule has 4 heteroatoms. The molecule has 1 aromatic carbocycles. The second-order valence-electron chi connectivity index (χ2n) is 5.73. The first kappa shape index (κ1) is 13.3. The zero-order valence-electron chi connectivity index (χ0n) is 11.5. The number of nitrogens with zero attached hydrogens (tertiary/aromatic N) is 1. The van der Waals surface area contributed by atoms with Crippen LogP contribution in [0.4, 0.5) is 0 Å². The number of aldehydes is 1. The molecule has 0 unspecified atom stereocenters. The van der Waals surface area contributed by atoms with Gasteiger partial charge in [-0.3, -0.25) is 4.79 Å². The summed E-state index contributed by atoms with van der Waals surface area (Å²) in [6.45, 7) is 6.28. The second-order valence-corrected chi connectivity index (χ2v) is 5.73. The molecule has 0 spiro atoms. The van der Waals surface area contributed by atoms with Crippen LogP contribution in [0.5, 0.6) is 0 Å². The maximum atomic E-state index is 11.3. The number of carboxylic acid groups (broad SMARTS) is 1. The van der Waals surface area contributed by atoms with Gasteiger partial charge in [0.05, 0.1) is 5.56 Å². The Hall–Kier alpha value is -2.10. The molecule has 1 N–H and O–H groups in total. The van der Waals surface area contributed by atoms with E-state index in [0.717, 1.165) is 11.1 Å². The van der Waals surface area contributed by atoms with Gasteiger partial charge in [-0.2, -0.15) is 0 Å². The van der Waals surface area contributed by atoms with Crippen LogP contribution in [0.3, 0.4) is 0 Å². The Balaban J connectivity index is 2.85. The molecule has 2 rings (SSSR count). The Labute approximate surface area is 111 Å². The minimum Gasteiger partial charge on any atom is -0.477 e. The van der Waals surface area contributed by atoms with E-state index in [1.165, 1.54) is 0 Å². The van der Waals surface area contributed by atoms with Crippen molar-refractivity contribution >= 4 is 23.2 Å². The zero-order chi connectivity index (χ0) is 14.4. The standard InChI is InChI=1S/C15H17NO3/c1-15(2,3)9-5-6-10-11(8-17)13(14(18)19)16(4)12(10)7-9/h5-8H,1-4H3,(H,18,19). The summed E-state index contributed by atoms with van der Waals surface area (Å²) in [4.78, 5) is 22.4. The molecule has 0 amide bonds. The number of aryl methyl sites for hydroxylation is 1. The lowest BCUT2D eigenvalue weighted by atomic mass is 9.86. The van der Waals surface area contributed by atoms with Gasteiger partial charge >= 0.3 is 5.97 Å². The van der Waals surface area contributed by atoms with E-state index in [4.69, 9.17) is 0 Å². The van der Waals surface area contributed by atoms with Crippen molar-refractivity contribution in [2.24, 2.45) is 7.05 Å². The van der Waals surface area contributed by atoms with Crippen molar-refractivity contribution in [3.05, 3.63) is 35.0 Å². The highest BCUT2D eigenvalue weighted by molar-refractivity contribution is 6.08. The van der Waals surface area contributed by atoms with Crippen molar-refractivity contribution in [3.8, 4) is 0 Å². The molecule has 0 saturated carbocycles. The quantitative estimate of drug-likeness (QED) is 0.843. The molecule has 0 saturated heterocycles. The number of carboxylic acids is 1. The molecule has 4 nitrogen and oxygen atoms in total. The SMILES string of the molecule is Cn1c(C(=O)O)c(C=O)c2ccc(C(C)(C)C)cc21. The summed E-state index contributed by atoms with van der Waals surface area (Å²) >= 11 is 0. The smallest absolute Gasteiger partial charge is 0.353 e. The van der Waals surface area contributed by atoms with Gasteiger partial charge in [0.15, 0.2) is 6.29 Å². The Morgan fingerprint density at radius 1 is 1.32 bits per heavy atom. The number of carbonyl (C=O) groups is 2. The fourth-order valence-electron chi connectivity index (χ4n) is 2.31. The summed E-state index contributed by atoms with van der Waals surface area (Å²) in [7, 11) is 1.67. The highest BCUT2D eigenvalue weighted by atomic mass is 16.4. The zero-order valence-corrected chi connectivity index (χ0v) is 11.5. The number of aromatic carboxylic acids is 1.